The molecule has 1 aromatic heterocycles. The van der Waals surface area contributed by atoms with E-state index in [2.05, 4.69) is 15.5 Å². The Morgan fingerprint density at radius 2 is 2.00 bits per heavy atom. The first-order chi connectivity index (χ1) is 14.9. The zero-order valence-corrected chi connectivity index (χ0v) is 18.1. The summed E-state index contributed by atoms with van der Waals surface area (Å²) in [6.07, 6.45) is 0.529. The van der Waals surface area contributed by atoms with E-state index in [1.807, 2.05) is 37.3 Å². The van der Waals surface area contributed by atoms with E-state index in [4.69, 9.17) is 22.2 Å². The number of hydrogen-bond acceptors (Lipinski definition) is 7. The van der Waals surface area contributed by atoms with Gasteiger partial charge in [-0.25, -0.2) is 9.47 Å². The van der Waals surface area contributed by atoms with Gasteiger partial charge in [0.05, 0.1) is 16.3 Å². The van der Waals surface area contributed by atoms with Gasteiger partial charge in [0.25, 0.3) is 0 Å². The number of carboxylic acids is 1. The lowest BCUT2D eigenvalue weighted by Gasteiger charge is -2.11. The predicted molar refractivity (Wildman–Crippen MR) is 118 cm³/mol. The average Bonchev–Trinajstić information content (AvgIpc) is 3.11. The molecule has 0 saturated carbocycles. The molecule has 0 bridgehead atoms. The fourth-order valence-corrected chi connectivity index (χ4v) is 3.66. The number of ether oxygens (including phenoxy) is 1. The lowest BCUT2D eigenvalue weighted by molar-refractivity contribution is -0.113. The fraction of sp³-hybridized carbons (Fsp3) is 0.200. The Hall–Kier alpha value is -3.24. The van der Waals surface area contributed by atoms with E-state index >= 15 is 0 Å². The van der Waals surface area contributed by atoms with Crippen molar-refractivity contribution in [3.05, 3.63) is 64.4 Å². The van der Waals surface area contributed by atoms with Crippen LogP contribution in [0.4, 0.5) is 5.69 Å². The summed E-state index contributed by atoms with van der Waals surface area (Å²) in [5.41, 5.74) is 0.929. The van der Waals surface area contributed by atoms with E-state index in [-0.39, 0.29) is 28.9 Å². The largest absolute Gasteiger partial charge is 0.486 e. The molecule has 2 aromatic carbocycles. The van der Waals surface area contributed by atoms with Crippen LogP contribution in [0.3, 0.4) is 0 Å². The number of para-hydroxylation sites is 1. The minimum absolute atomic E-state index is 0.00135. The van der Waals surface area contributed by atoms with E-state index < -0.39 is 5.97 Å². The maximum atomic E-state index is 12.3. The number of aromatic carboxylic acids is 1. The number of benzene rings is 2. The molecule has 0 spiro atoms. The molecule has 162 valence electrons. The first kappa shape index (κ1) is 22.4. The summed E-state index contributed by atoms with van der Waals surface area (Å²) in [7, 11) is 0. The molecule has 4 N–H and O–H groups in total. The SMILES string of the molecule is CCc1cc(NC(=O)CSc2nnc(COc3ccccc3)n2N)cc(C(=O)O)c1Cl. The van der Waals surface area contributed by atoms with Crippen LogP contribution in [0.5, 0.6) is 5.75 Å². The molecule has 11 heteroatoms. The summed E-state index contributed by atoms with van der Waals surface area (Å²) in [6.45, 7) is 1.98. The summed E-state index contributed by atoms with van der Waals surface area (Å²) in [6, 6.07) is 12.2. The van der Waals surface area contributed by atoms with E-state index in [1.54, 1.807) is 6.07 Å². The van der Waals surface area contributed by atoms with Crippen LogP contribution in [-0.2, 0) is 17.8 Å². The van der Waals surface area contributed by atoms with Gasteiger partial charge in [-0.05, 0) is 36.2 Å². The molecule has 0 fully saturated rings. The van der Waals surface area contributed by atoms with E-state index in [0.717, 1.165) is 11.8 Å². The van der Waals surface area contributed by atoms with Gasteiger partial charge in [-0.2, -0.15) is 0 Å². The van der Waals surface area contributed by atoms with Crippen molar-refractivity contribution in [3.8, 4) is 5.75 Å². The van der Waals surface area contributed by atoms with Gasteiger partial charge < -0.3 is 21.0 Å². The van der Waals surface area contributed by atoms with Crippen LogP contribution in [0, 0.1) is 0 Å². The van der Waals surface area contributed by atoms with Crippen LogP contribution in [0.1, 0.15) is 28.7 Å². The summed E-state index contributed by atoms with van der Waals surface area (Å²) in [4.78, 5) is 23.7. The van der Waals surface area contributed by atoms with Crippen LogP contribution in [0.25, 0.3) is 0 Å². The van der Waals surface area contributed by atoms with E-state index in [9.17, 15) is 14.7 Å². The molecule has 9 nitrogen and oxygen atoms in total. The minimum atomic E-state index is -1.16. The number of nitrogens with two attached hydrogens (primary N) is 1. The zero-order chi connectivity index (χ0) is 22.4. The van der Waals surface area contributed by atoms with Gasteiger partial charge in [0.2, 0.25) is 11.1 Å². The molecule has 0 saturated heterocycles. The fourth-order valence-electron chi connectivity index (χ4n) is 2.67. The van der Waals surface area contributed by atoms with Gasteiger partial charge in [-0.3, -0.25) is 4.79 Å². The number of nitrogens with one attached hydrogen (secondary N) is 1. The molecule has 0 unspecified atom stereocenters. The van der Waals surface area contributed by atoms with Gasteiger partial charge >= 0.3 is 5.97 Å². The third kappa shape index (κ3) is 5.68. The van der Waals surface area contributed by atoms with Crippen molar-refractivity contribution < 1.29 is 19.4 Å². The first-order valence-electron chi connectivity index (χ1n) is 9.24. The van der Waals surface area contributed by atoms with Crippen molar-refractivity contribution in [2.45, 2.75) is 25.1 Å². The predicted octanol–water partition coefficient (Wildman–Crippen LogP) is 3.22. The summed E-state index contributed by atoms with van der Waals surface area (Å²) < 4.78 is 6.87. The van der Waals surface area contributed by atoms with E-state index in [0.29, 0.717) is 34.4 Å². The van der Waals surface area contributed by atoms with Gasteiger partial charge in [-0.15, -0.1) is 10.2 Å². The number of nitrogen functional groups attached to an aromatic ring is 1. The Bertz CT molecular complexity index is 1090. The Morgan fingerprint density at radius 3 is 2.68 bits per heavy atom. The van der Waals surface area contributed by atoms with Gasteiger partial charge in [0.1, 0.15) is 12.4 Å². The highest BCUT2D eigenvalue weighted by molar-refractivity contribution is 7.99. The maximum Gasteiger partial charge on any atom is 0.337 e. The highest BCUT2D eigenvalue weighted by Crippen LogP contribution is 2.27. The molecule has 1 heterocycles. The number of carbonyl (C=O) groups is 2. The highest BCUT2D eigenvalue weighted by Gasteiger charge is 2.16. The molecule has 3 aromatic rings. The second kappa shape index (κ2) is 10.2. The van der Waals surface area contributed by atoms with E-state index in [1.165, 1.54) is 10.7 Å². The third-order valence-electron chi connectivity index (χ3n) is 4.22. The Morgan fingerprint density at radius 1 is 1.26 bits per heavy atom. The van der Waals surface area contributed by atoms with Crippen molar-refractivity contribution in [2.24, 2.45) is 0 Å². The number of nitrogens with zero attached hydrogens (tertiary/aromatic N) is 3. The molecule has 0 aliphatic heterocycles. The van der Waals surface area contributed by atoms with Crippen molar-refractivity contribution in [3.63, 3.8) is 0 Å². The first-order valence-corrected chi connectivity index (χ1v) is 10.6. The summed E-state index contributed by atoms with van der Waals surface area (Å²) in [5, 5.41) is 20.5. The number of halogens is 1. The molecular weight excluding hydrogens is 442 g/mol. The molecule has 0 atom stereocenters. The van der Waals surface area contributed by atoms with Crippen molar-refractivity contribution in [1.82, 2.24) is 14.9 Å². The van der Waals surface area contributed by atoms with Crippen LogP contribution in [-0.4, -0.2) is 37.6 Å². The summed E-state index contributed by atoms with van der Waals surface area (Å²) >= 11 is 7.19. The standard InChI is InChI=1S/C20H20ClN5O4S/c1-2-12-8-13(9-15(18(12)21)19(28)29)23-17(27)11-31-20-25-24-16(26(20)22)10-30-14-6-4-3-5-7-14/h3-9H,2,10-11,22H2,1H3,(H,23,27)(H,28,29). The van der Waals surface area contributed by atoms with Gasteiger partial charge in [0.15, 0.2) is 5.82 Å². The number of carbonyl (C=O) groups excluding carboxylic acids is 1. The number of rotatable bonds is 9. The maximum absolute atomic E-state index is 12.3. The number of anilines is 1. The topological polar surface area (TPSA) is 132 Å². The molecule has 3 rings (SSSR count). The Balaban J connectivity index is 1.59. The number of thioether (sulfide) groups is 1. The minimum Gasteiger partial charge on any atom is -0.486 e. The second-order valence-electron chi connectivity index (χ2n) is 6.36. The summed E-state index contributed by atoms with van der Waals surface area (Å²) in [5.74, 6) is 5.56. The van der Waals surface area contributed by atoms with Crippen molar-refractivity contribution in [2.75, 3.05) is 16.9 Å². The monoisotopic (exact) mass is 461 g/mol. The van der Waals surface area contributed by atoms with Crippen molar-refractivity contribution >= 4 is 40.9 Å². The number of amides is 1. The van der Waals surface area contributed by atoms with Gasteiger partial charge in [-0.1, -0.05) is 48.5 Å². The smallest absolute Gasteiger partial charge is 0.337 e. The normalized spacial score (nSPS) is 10.6. The molecule has 0 aliphatic rings. The van der Waals surface area contributed by atoms with Crippen LogP contribution < -0.4 is 15.9 Å². The van der Waals surface area contributed by atoms with Gasteiger partial charge in [0, 0.05) is 5.69 Å². The Labute approximate surface area is 187 Å². The lowest BCUT2D eigenvalue weighted by Crippen LogP contribution is -2.18. The third-order valence-corrected chi connectivity index (χ3v) is 5.61. The molecular formula is C20H20ClN5O4S. The van der Waals surface area contributed by atoms with Crippen molar-refractivity contribution in [1.29, 1.82) is 0 Å². The number of hydrogen-bond donors (Lipinski definition) is 3. The number of carboxylic acid groups (broad SMARTS) is 1. The average molecular weight is 462 g/mol. The quantitative estimate of drug-likeness (QED) is 0.327. The van der Waals surface area contributed by atoms with Crippen LogP contribution in [0.15, 0.2) is 47.6 Å². The second-order valence-corrected chi connectivity index (χ2v) is 7.68. The Kier molecular flexibility index (Phi) is 7.37. The molecule has 0 aliphatic carbocycles. The van der Waals surface area contributed by atoms with Crippen LogP contribution in [0.2, 0.25) is 5.02 Å². The number of aryl methyl sites for hydroxylation is 1. The van der Waals surface area contributed by atoms with Crippen LogP contribution >= 0.6 is 23.4 Å². The lowest BCUT2D eigenvalue weighted by atomic mass is 10.1. The number of aromatic nitrogens is 3. The molecule has 0 radical (unpaired) electrons. The molecule has 1 amide bonds. The zero-order valence-electron chi connectivity index (χ0n) is 16.5. The highest BCUT2D eigenvalue weighted by atomic mass is 35.5. The molecule has 31 heavy (non-hydrogen) atoms.